The number of hydrogen-bond donors (Lipinski definition) is 1. The summed E-state index contributed by atoms with van der Waals surface area (Å²) in [6.45, 7) is 5.94. The number of nitrogens with zero attached hydrogens (tertiary/aromatic N) is 2. The first-order valence-electron chi connectivity index (χ1n) is 15.8. The van der Waals surface area contributed by atoms with Crippen LogP contribution in [0.15, 0.2) is 108 Å². The van der Waals surface area contributed by atoms with Gasteiger partial charge in [0.1, 0.15) is 29.9 Å². The smallest absolute Gasteiger partial charge is 0.264 e. The standard InChI is InChI=1S/C37H42FN3O6S/c1-5-47-32-18-16-31(17-19-32)41(48(44,45)34-20-14-30(38)15-21-34)26-36(42)40(25-29-12-9-13-33(22-29)46-4)35(37(43)39-24-27(2)3)23-28-10-7-6-8-11-28/h6-22,27,35H,5,23-26H2,1-4H3,(H,39,43)/t35-/m1/s1. The van der Waals surface area contributed by atoms with Crippen molar-refractivity contribution in [1.82, 2.24) is 10.2 Å². The second kappa shape index (κ2) is 16.8. The van der Waals surface area contributed by atoms with Crippen molar-refractivity contribution >= 4 is 27.5 Å². The summed E-state index contributed by atoms with van der Waals surface area (Å²) in [6.07, 6.45) is 0.189. The Morgan fingerprint density at radius 1 is 0.854 bits per heavy atom. The molecule has 0 radical (unpaired) electrons. The number of carbonyl (C=O) groups excluding carboxylic acids is 2. The second-order valence-electron chi connectivity index (χ2n) is 11.6. The fourth-order valence-corrected chi connectivity index (χ4v) is 6.50. The highest BCUT2D eigenvalue weighted by Crippen LogP contribution is 2.27. The van der Waals surface area contributed by atoms with Crippen LogP contribution in [-0.4, -0.2) is 58.0 Å². The summed E-state index contributed by atoms with van der Waals surface area (Å²) in [5, 5.41) is 2.97. The summed E-state index contributed by atoms with van der Waals surface area (Å²) >= 11 is 0. The number of benzene rings is 4. The monoisotopic (exact) mass is 675 g/mol. The van der Waals surface area contributed by atoms with Gasteiger partial charge in [-0.05, 0) is 84.6 Å². The van der Waals surface area contributed by atoms with Crippen molar-refractivity contribution in [3.8, 4) is 11.5 Å². The van der Waals surface area contributed by atoms with Gasteiger partial charge < -0.3 is 19.7 Å². The molecule has 9 nitrogen and oxygen atoms in total. The number of rotatable bonds is 16. The molecule has 254 valence electrons. The van der Waals surface area contributed by atoms with Crippen molar-refractivity contribution in [1.29, 1.82) is 0 Å². The summed E-state index contributed by atoms with van der Waals surface area (Å²) in [7, 11) is -2.84. The average Bonchev–Trinajstić information content (AvgIpc) is 3.08. The molecule has 4 aromatic carbocycles. The average molecular weight is 676 g/mol. The summed E-state index contributed by atoms with van der Waals surface area (Å²) in [6, 6.07) is 26.2. The minimum Gasteiger partial charge on any atom is -0.497 e. The molecule has 0 spiro atoms. The molecule has 0 unspecified atom stereocenters. The van der Waals surface area contributed by atoms with Crippen LogP contribution in [0.4, 0.5) is 10.1 Å². The van der Waals surface area contributed by atoms with Gasteiger partial charge in [-0.15, -0.1) is 0 Å². The minimum absolute atomic E-state index is 0.00363. The van der Waals surface area contributed by atoms with Crippen LogP contribution in [0.1, 0.15) is 31.9 Å². The Labute approximate surface area is 282 Å². The van der Waals surface area contributed by atoms with E-state index in [0.29, 0.717) is 30.2 Å². The third kappa shape index (κ3) is 9.57. The number of sulfonamides is 1. The van der Waals surface area contributed by atoms with E-state index in [-0.39, 0.29) is 35.4 Å². The van der Waals surface area contributed by atoms with Gasteiger partial charge in [-0.3, -0.25) is 13.9 Å². The predicted octanol–water partition coefficient (Wildman–Crippen LogP) is 5.84. The maximum Gasteiger partial charge on any atom is 0.264 e. The van der Waals surface area contributed by atoms with Gasteiger partial charge >= 0.3 is 0 Å². The molecule has 0 fully saturated rings. The summed E-state index contributed by atoms with van der Waals surface area (Å²) in [4.78, 5) is 29.7. The molecule has 2 amide bonds. The van der Waals surface area contributed by atoms with Gasteiger partial charge in [-0.2, -0.15) is 0 Å². The van der Waals surface area contributed by atoms with E-state index in [2.05, 4.69) is 5.32 Å². The number of amides is 2. The topological polar surface area (TPSA) is 105 Å². The molecule has 4 aromatic rings. The predicted molar refractivity (Wildman–Crippen MR) is 184 cm³/mol. The van der Waals surface area contributed by atoms with Crippen LogP contribution < -0.4 is 19.1 Å². The summed E-state index contributed by atoms with van der Waals surface area (Å²) < 4.78 is 54.0. The lowest BCUT2D eigenvalue weighted by atomic mass is 10.0. The maximum atomic E-state index is 14.6. The first-order valence-corrected chi connectivity index (χ1v) is 17.2. The number of ether oxygens (including phenoxy) is 2. The van der Waals surface area contributed by atoms with E-state index in [1.54, 1.807) is 42.5 Å². The lowest BCUT2D eigenvalue weighted by molar-refractivity contribution is -0.140. The third-order valence-corrected chi connectivity index (χ3v) is 9.35. The Balaban J connectivity index is 1.81. The number of hydrogen-bond acceptors (Lipinski definition) is 6. The van der Waals surface area contributed by atoms with Gasteiger partial charge in [-0.1, -0.05) is 56.3 Å². The van der Waals surface area contributed by atoms with Crippen molar-refractivity contribution in [3.05, 3.63) is 120 Å². The minimum atomic E-state index is -4.38. The second-order valence-corrected chi connectivity index (χ2v) is 13.5. The quantitative estimate of drug-likeness (QED) is 0.160. The van der Waals surface area contributed by atoms with Crippen LogP contribution in [0.25, 0.3) is 0 Å². The summed E-state index contributed by atoms with van der Waals surface area (Å²) in [5.74, 6) is -0.325. The zero-order valence-electron chi connectivity index (χ0n) is 27.6. The Kier molecular flexibility index (Phi) is 12.6. The number of methoxy groups -OCH3 is 1. The third-order valence-electron chi connectivity index (χ3n) is 7.56. The van der Waals surface area contributed by atoms with Crippen molar-refractivity contribution in [2.75, 3.05) is 31.1 Å². The van der Waals surface area contributed by atoms with Crippen LogP contribution in [0.3, 0.4) is 0 Å². The van der Waals surface area contributed by atoms with Crippen molar-refractivity contribution < 1.29 is 31.9 Å². The zero-order chi connectivity index (χ0) is 34.7. The molecule has 0 aliphatic heterocycles. The van der Waals surface area contributed by atoms with Crippen LogP contribution in [-0.2, 0) is 32.6 Å². The Bertz CT molecular complexity index is 1750. The van der Waals surface area contributed by atoms with Crippen LogP contribution in [0.5, 0.6) is 11.5 Å². The fourth-order valence-electron chi connectivity index (χ4n) is 5.08. The molecule has 0 saturated carbocycles. The molecule has 1 atom stereocenters. The largest absolute Gasteiger partial charge is 0.497 e. The van der Waals surface area contributed by atoms with Gasteiger partial charge in [0.05, 0.1) is 24.3 Å². The lowest BCUT2D eigenvalue weighted by Gasteiger charge is -2.34. The Hall–Kier alpha value is -4.90. The number of halogens is 1. The molecule has 0 bridgehead atoms. The number of anilines is 1. The van der Waals surface area contributed by atoms with E-state index < -0.39 is 34.3 Å². The number of nitrogens with one attached hydrogen (secondary N) is 1. The van der Waals surface area contributed by atoms with E-state index in [4.69, 9.17) is 9.47 Å². The SMILES string of the molecule is CCOc1ccc(N(CC(=O)N(Cc2cccc(OC)c2)[C@H](Cc2ccccc2)C(=O)NCC(C)C)S(=O)(=O)c2ccc(F)cc2)cc1. The molecular weight excluding hydrogens is 633 g/mol. The van der Waals surface area contributed by atoms with Gasteiger partial charge in [0.2, 0.25) is 11.8 Å². The molecular formula is C37H42FN3O6S. The first kappa shape index (κ1) is 35.9. The molecule has 1 N–H and O–H groups in total. The van der Waals surface area contributed by atoms with Crippen LogP contribution >= 0.6 is 0 Å². The molecule has 11 heteroatoms. The maximum absolute atomic E-state index is 14.6. The van der Waals surface area contributed by atoms with Crippen molar-refractivity contribution in [3.63, 3.8) is 0 Å². The van der Waals surface area contributed by atoms with Gasteiger partial charge in [0, 0.05) is 19.5 Å². The molecule has 48 heavy (non-hydrogen) atoms. The highest BCUT2D eigenvalue weighted by molar-refractivity contribution is 7.92. The molecule has 0 heterocycles. The Morgan fingerprint density at radius 3 is 2.15 bits per heavy atom. The zero-order valence-corrected chi connectivity index (χ0v) is 28.5. The Morgan fingerprint density at radius 2 is 1.52 bits per heavy atom. The highest BCUT2D eigenvalue weighted by atomic mass is 32.2. The molecule has 4 rings (SSSR count). The van der Waals surface area contributed by atoms with Gasteiger partial charge in [0.15, 0.2) is 0 Å². The highest BCUT2D eigenvalue weighted by Gasteiger charge is 2.34. The normalized spacial score (nSPS) is 11.9. The van der Waals surface area contributed by atoms with E-state index in [0.717, 1.165) is 34.1 Å². The van der Waals surface area contributed by atoms with Crippen molar-refractivity contribution in [2.45, 2.75) is 44.7 Å². The van der Waals surface area contributed by atoms with E-state index in [1.165, 1.54) is 12.0 Å². The van der Waals surface area contributed by atoms with E-state index in [1.807, 2.05) is 57.2 Å². The molecule has 0 aliphatic rings. The number of carbonyl (C=O) groups is 2. The van der Waals surface area contributed by atoms with E-state index in [9.17, 15) is 22.4 Å². The van der Waals surface area contributed by atoms with Crippen LogP contribution in [0, 0.1) is 11.7 Å². The fraction of sp³-hybridized carbons (Fsp3) is 0.297. The van der Waals surface area contributed by atoms with E-state index >= 15 is 0 Å². The van der Waals surface area contributed by atoms with Gasteiger partial charge in [0.25, 0.3) is 10.0 Å². The molecule has 0 saturated heterocycles. The lowest BCUT2D eigenvalue weighted by Crippen LogP contribution is -2.53. The molecule has 0 aliphatic carbocycles. The van der Waals surface area contributed by atoms with Crippen molar-refractivity contribution in [2.24, 2.45) is 5.92 Å². The molecule has 0 aromatic heterocycles. The summed E-state index contributed by atoms with van der Waals surface area (Å²) in [5.41, 5.74) is 1.71. The van der Waals surface area contributed by atoms with Gasteiger partial charge in [-0.25, -0.2) is 12.8 Å². The van der Waals surface area contributed by atoms with Crippen LogP contribution in [0.2, 0.25) is 0 Å². The first-order chi connectivity index (χ1) is 23.0.